The van der Waals surface area contributed by atoms with E-state index < -0.39 is 0 Å². The smallest absolute Gasteiger partial charge is 0.250 e. The van der Waals surface area contributed by atoms with Gasteiger partial charge in [0, 0.05) is 72.7 Å². The Kier molecular flexibility index (Phi) is 12.7. The van der Waals surface area contributed by atoms with Gasteiger partial charge in [-0.05, 0) is 99.2 Å². The second-order valence-corrected chi connectivity index (χ2v) is 16.9. The number of aryl methyl sites for hydroxylation is 2. The van der Waals surface area contributed by atoms with Crippen molar-refractivity contribution in [3.05, 3.63) is 154 Å². The van der Waals surface area contributed by atoms with E-state index in [2.05, 4.69) is 9.97 Å². The fraction of sp³-hybridized carbons (Fsp3) is 0.308. The van der Waals surface area contributed by atoms with E-state index in [4.69, 9.17) is 18.9 Å². The summed E-state index contributed by atoms with van der Waals surface area (Å²) < 4.78 is 53.7. The maximum atomic E-state index is 13.7. The number of carbonyl (C=O) groups is 2. The van der Waals surface area contributed by atoms with Gasteiger partial charge in [0.2, 0.25) is 11.8 Å². The number of rotatable bonds is 8. The van der Waals surface area contributed by atoms with Gasteiger partial charge in [-0.2, -0.15) is 0 Å². The molecule has 4 aliphatic heterocycles. The number of benzene rings is 4. The minimum Gasteiger partial charge on any atom is -0.495 e. The second-order valence-electron chi connectivity index (χ2n) is 16.9. The van der Waals surface area contributed by atoms with Gasteiger partial charge >= 0.3 is 0 Å². The summed E-state index contributed by atoms with van der Waals surface area (Å²) in [5.41, 5.74) is 8.74. The number of nitrogens with zero attached hydrogens (tertiary/aromatic N) is 6. The van der Waals surface area contributed by atoms with E-state index in [1.807, 2.05) is 93.7 Å². The molecular formula is C52H52F2N6O6. The van der Waals surface area contributed by atoms with Crippen molar-refractivity contribution in [1.82, 2.24) is 28.9 Å². The molecule has 0 aliphatic carbocycles. The third-order valence-corrected chi connectivity index (χ3v) is 12.5. The molecule has 12 nitrogen and oxygen atoms in total. The number of likely N-dealkylation sites (tertiary alicyclic amines) is 2. The highest BCUT2D eigenvalue weighted by Crippen LogP contribution is 2.41. The third-order valence-electron chi connectivity index (χ3n) is 12.5. The molecule has 2 fully saturated rings. The molecule has 0 unspecified atom stereocenters. The van der Waals surface area contributed by atoms with Gasteiger partial charge in [0.15, 0.2) is 0 Å². The molecule has 66 heavy (non-hydrogen) atoms. The van der Waals surface area contributed by atoms with E-state index in [-0.39, 0.29) is 35.5 Å². The zero-order valence-corrected chi connectivity index (χ0v) is 37.5. The minimum atomic E-state index is -0.330. The zero-order valence-electron chi connectivity index (χ0n) is 37.5. The van der Waals surface area contributed by atoms with Crippen LogP contribution in [-0.4, -0.2) is 81.2 Å². The number of imidazole rings is 2. The maximum absolute atomic E-state index is 13.7. The van der Waals surface area contributed by atoms with Crippen LogP contribution in [0.25, 0.3) is 23.5 Å². The van der Waals surface area contributed by atoms with Gasteiger partial charge in [-0.1, -0.05) is 24.3 Å². The van der Waals surface area contributed by atoms with Gasteiger partial charge in [0.1, 0.15) is 34.6 Å². The molecule has 0 spiro atoms. The maximum Gasteiger partial charge on any atom is 0.250 e. The molecule has 2 amide bonds. The van der Waals surface area contributed by atoms with Crippen LogP contribution < -0.4 is 18.9 Å². The van der Waals surface area contributed by atoms with Gasteiger partial charge in [-0.15, -0.1) is 0 Å². The molecule has 0 saturated carbocycles. The molecule has 340 valence electrons. The first-order valence-electron chi connectivity index (χ1n) is 22.3. The number of aromatic nitrogens is 4. The van der Waals surface area contributed by atoms with Crippen molar-refractivity contribution in [1.29, 1.82) is 0 Å². The normalized spacial score (nSPS) is 19.4. The molecule has 6 aromatic rings. The summed E-state index contributed by atoms with van der Waals surface area (Å²) in [4.78, 5) is 39.3. The largest absolute Gasteiger partial charge is 0.495 e. The van der Waals surface area contributed by atoms with Crippen LogP contribution in [0.15, 0.2) is 109 Å². The minimum absolute atomic E-state index is 0.0247. The van der Waals surface area contributed by atoms with E-state index in [1.54, 1.807) is 39.0 Å². The number of hydrogen-bond acceptors (Lipinski definition) is 8. The molecule has 4 aliphatic rings. The first-order valence-corrected chi connectivity index (χ1v) is 22.3. The van der Waals surface area contributed by atoms with Gasteiger partial charge < -0.3 is 37.9 Å². The Morgan fingerprint density at radius 1 is 0.621 bits per heavy atom. The van der Waals surface area contributed by atoms with Crippen molar-refractivity contribution in [3.63, 3.8) is 0 Å². The Morgan fingerprint density at radius 3 is 1.45 bits per heavy atom. The van der Waals surface area contributed by atoms with Crippen LogP contribution in [0.2, 0.25) is 0 Å². The highest BCUT2D eigenvalue weighted by atomic mass is 19.1. The third kappa shape index (κ3) is 9.17. The Balaban J connectivity index is 0.000000166. The Labute approximate surface area is 382 Å². The standard InChI is InChI=1S/2C26H26FN3O3/c2*1-17-15-29(16-28-17)23-8-5-18(13-25(23)32-2)12-19-4-3-10-30(26(19)31)22-9-11-33-24-14-20(27)6-7-21(22)24/h2*5-8,12-16,22H,3-4,9-11H2,1-2H3/b2*19-12+/t2*22-/m10/s1. The number of hydrogen-bond donors (Lipinski definition) is 0. The summed E-state index contributed by atoms with van der Waals surface area (Å²) in [6, 6.07) is 20.7. The number of piperidine rings is 2. The van der Waals surface area contributed by atoms with Crippen molar-refractivity contribution in [2.24, 2.45) is 0 Å². The molecule has 2 saturated heterocycles. The van der Waals surface area contributed by atoms with Crippen molar-refractivity contribution in [3.8, 4) is 34.4 Å². The Hall–Kier alpha value is -7.22. The molecule has 10 rings (SSSR count). The summed E-state index contributed by atoms with van der Waals surface area (Å²) in [7, 11) is 3.27. The van der Waals surface area contributed by atoms with Crippen LogP contribution in [0.1, 0.15) is 84.3 Å². The van der Waals surface area contributed by atoms with E-state index in [0.717, 1.165) is 81.8 Å². The molecule has 0 N–H and O–H groups in total. The van der Waals surface area contributed by atoms with Gasteiger partial charge in [-0.3, -0.25) is 9.59 Å². The van der Waals surface area contributed by atoms with Crippen LogP contribution in [0, 0.1) is 25.5 Å². The lowest BCUT2D eigenvalue weighted by Gasteiger charge is -2.38. The van der Waals surface area contributed by atoms with Gasteiger partial charge in [-0.25, -0.2) is 18.7 Å². The number of carbonyl (C=O) groups excluding carboxylic acids is 2. The highest BCUT2D eigenvalue weighted by molar-refractivity contribution is 5.99. The topological polar surface area (TPSA) is 113 Å². The highest BCUT2D eigenvalue weighted by Gasteiger charge is 2.35. The molecule has 0 radical (unpaired) electrons. The quantitative estimate of drug-likeness (QED) is 0.139. The Morgan fingerprint density at radius 2 is 1.06 bits per heavy atom. The van der Waals surface area contributed by atoms with Crippen LogP contribution in [-0.2, 0) is 9.59 Å². The zero-order chi connectivity index (χ0) is 45.9. The molecule has 14 heteroatoms. The summed E-state index contributed by atoms with van der Waals surface area (Å²) >= 11 is 0. The number of amides is 2. The summed E-state index contributed by atoms with van der Waals surface area (Å²) in [5, 5.41) is 0. The average Bonchev–Trinajstić information content (AvgIpc) is 3.97. The van der Waals surface area contributed by atoms with Crippen molar-refractivity contribution < 1.29 is 37.3 Å². The molecular weight excluding hydrogens is 843 g/mol. The number of methoxy groups -OCH3 is 2. The number of fused-ring (bicyclic) bond motifs is 2. The molecule has 2 aromatic heterocycles. The summed E-state index contributed by atoms with van der Waals surface area (Å²) in [5.74, 6) is 1.87. The van der Waals surface area contributed by atoms with Gasteiger partial charge in [0.05, 0.1) is 74.9 Å². The Bertz CT molecular complexity index is 2660. The predicted octanol–water partition coefficient (Wildman–Crippen LogP) is 9.72. The summed E-state index contributed by atoms with van der Waals surface area (Å²) in [6.45, 7) is 6.18. The molecule has 6 heterocycles. The number of ether oxygens (including phenoxy) is 4. The average molecular weight is 895 g/mol. The lowest BCUT2D eigenvalue weighted by molar-refractivity contribution is -0.132. The van der Waals surface area contributed by atoms with Crippen molar-refractivity contribution >= 4 is 24.0 Å². The predicted molar refractivity (Wildman–Crippen MR) is 246 cm³/mol. The van der Waals surface area contributed by atoms with E-state index in [0.29, 0.717) is 62.1 Å². The monoisotopic (exact) mass is 894 g/mol. The first kappa shape index (κ1) is 44.0. The van der Waals surface area contributed by atoms with Gasteiger partial charge in [0.25, 0.3) is 0 Å². The van der Waals surface area contributed by atoms with Crippen molar-refractivity contribution in [2.45, 2.75) is 64.5 Å². The first-order chi connectivity index (χ1) is 32.1. The van der Waals surface area contributed by atoms with E-state index >= 15 is 0 Å². The lowest BCUT2D eigenvalue weighted by atomic mass is 9.93. The van der Waals surface area contributed by atoms with Crippen LogP contribution in [0.4, 0.5) is 8.78 Å². The van der Waals surface area contributed by atoms with Crippen molar-refractivity contribution in [2.75, 3.05) is 40.5 Å². The van der Waals surface area contributed by atoms with E-state index in [1.165, 1.54) is 24.3 Å². The van der Waals surface area contributed by atoms with Crippen LogP contribution >= 0.6 is 0 Å². The fourth-order valence-electron chi connectivity index (χ4n) is 9.37. The molecule has 2 atom stereocenters. The number of halogens is 2. The molecule has 0 bridgehead atoms. The van der Waals surface area contributed by atoms with E-state index in [9.17, 15) is 18.4 Å². The SMILES string of the molecule is COc1cc(/C=C2\CCCN([C@@H]3CCOc4cc(F)ccc43)C2=O)ccc1-n1cnc(C)c1.COc1cc(/C=C2\CCCN([C@H]3CCOc4cc(F)ccc43)C2=O)ccc1-n1cnc(C)c1. The lowest BCUT2D eigenvalue weighted by Crippen LogP contribution is -2.41. The molecule has 4 aromatic carbocycles. The fourth-order valence-corrected chi connectivity index (χ4v) is 9.37. The second kappa shape index (κ2) is 19.1. The summed E-state index contributed by atoms with van der Waals surface area (Å²) in [6.07, 6.45) is 15.9. The van der Waals surface area contributed by atoms with Crippen LogP contribution in [0.5, 0.6) is 23.0 Å². The van der Waals surface area contributed by atoms with Crippen LogP contribution in [0.3, 0.4) is 0 Å².